The summed E-state index contributed by atoms with van der Waals surface area (Å²) in [6.45, 7) is 3.35. The molecular weight excluding hydrogens is 472 g/mol. The first-order valence-corrected chi connectivity index (χ1v) is 13.2. The summed E-state index contributed by atoms with van der Waals surface area (Å²) in [5.41, 5.74) is 3.71. The van der Waals surface area contributed by atoms with Crippen LogP contribution in [0.1, 0.15) is 35.7 Å². The van der Waals surface area contributed by atoms with Crippen LogP contribution in [0.2, 0.25) is 0 Å². The molecule has 0 atom stereocenters. The number of hydrogen-bond donors (Lipinski definition) is 0. The molecule has 1 aliphatic rings. The lowest BCUT2D eigenvalue weighted by Gasteiger charge is -2.31. The molecule has 1 fully saturated rings. The molecule has 0 saturated carbocycles. The van der Waals surface area contributed by atoms with Crippen molar-refractivity contribution in [1.29, 1.82) is 0 Å². The average Bonchev–Trinajstić information content (AvgIpc) is 2.92. The molecule has 188 valence electrons. The topological polar surface area (TPSA) is 75.6 Å². The van der Waals surface area contributed by atoms with E-state index >= 15 is 0 Å². The SMILES string of the molecule is CCOC(=O)C1CCN(C(=O)c2ccc(CSc3nc(-c4ccccc4)cc(N(C)C)n3)cc2)CC1. The highest BCUT2D eigenvalue weighted by atomic mass is 32.2. The van der Waals surface area contributed by atoms with Crippen LogP contribution in [0, 0.1) is 5.92 Å². The van der Waals surface area contributed by atoms with Crippen molar-refractivity contribution in [2.24, 2.45) is 5.92 Å². The second-order valence-electron chi connectivity index (χ2n) is 8.96. The summed E-state index contributed by atoms with van der Waals surface area (Å²) in [6, 6.07) is 19.8. The molecule has 0 spiro atoms. The first-order chi connectivity index (χ1) is 17.4. The Hall–Kier alpha value is -3.39. The van der Waals surface area contributed by atoms with Crippen LogP contribution in [0.15, 0.2) is 65.8 Å². The average molecular weight is 505 g/mol. The van der Waals surface area contributed by atoms with Gasteiger partial charge >= 0.3 is 5.97 Å². The van der Waals surface area contributed by atoms with Crippen molar-refractivity contribution in [3.63, 3.8) is 0 Å². The van der Waals surface area contributed by atoms with Gasteiger partial charge in [-0.2, -0.15) is 0 Å². The van der Waals surface area contributed by atoms with Gasteiger partial charge in [0.15, 0.2) is 5.16 Å². The Balaban J connectivity index is 1.37. The fourth-order valence-corrected chi connectivity index (χ4v) is 4.92. The summed E-state index contributed by atoms with van der Waals surface area (Å²) in [4.78, 5) is 38.2. The first kappa shape index (κ1) is 25.7. The van der Waals surface area contributed by atoms with E-state index in [-0.39, 0.29) is 17.8 Å². The number of carbonyl (C=O) groups is 2. The normalized spacial score (nSPS) is 13.9. The molecule has 0 aliphatic carbocycles. The second-order valence-corrected chi connectivity index (χ2v) is 9.90. The summed E-state index contributed by atoms with van der Waals surface area (Å²) in [6.07, 6.45) is 1.30. The number of thioether (sulfide) groups is 1. The number of aromatic nitrogens is 2. The number of amides is 1. The molecule has 0 unspecified atom stereocenters. The third-order valence-corrected chi connectivity index (χ3v) is 7.11. The van der Waals surface area contributed by atoms with Gasteiger partial charge in [0.05, 0.1) is 18.2 Å². The molecule has 3 aromatic rings. The van der Waals surface area contributed by atoms with Gasteiger partial charge in [0, 0.05) is 50.1 Å². The van der Waals surface area contributed by atoms with Crippen LogP contribution < -0.4 is 4.90 Å². The molecular formula is C28H32N4O3S. The number of anilines is 1. The van der Waals surface area contributed by atoms with Gasteiger partial charge in [0.1, 0.15) is 5.82 Å². The number of carbonyl (C=O) groups excluding carboxylic acids is 2. The van der Waals surface area contributed by atoms with Gasteiger partial charge in [0.2, 0.25) is 0 Å². The smallest absolute Gasteiger partial charge is 0.309 e. The van der Waals surface area contributed by atoms with E-state index in [1.165, 1.54) is 0 Å². The van der Waals surface area contributed by atoms with Gasteiger partial charge in [-0.15, -0.1) is 0 Å². The second kappa shape index (κ2) is 12.0. The zero-order valence-corrected chi connectivity index (χ0v) is 21.8. The predicted molar refractivity (Wildman–Crippen MR) is 143 cm³/mol. The van der Waals surface area contributed by atoms with Crippen molar-refractivity contribution in [3.8, 4) is 11.3 Å². The number of rotatable bonds is 8. The highest BCUT2D eigenvalue weighted by Gasteiger charge is 2.28. The molecule has 1 aliphatic heterocycles. The van der Waals surface area contributed by atoms with E-state index in [1.807, 2.05) is 91.5 Å². The van der Waals surface area contributed by atoms with E-state index in [2.05, 4.69) is 0 Å². The predicted octanol–water partition coefficient (Wildman–Crippen LogP) is 4.92. The molecule has 0 bridgehead atoms. The third-order valence-electron chi connectivity index (χ3n) is 6.19. The molecule has 8 heteroatoms. The summed E-state index contributed by atoms with van der Waals surface area (Å²) in [5.74, 6) is 1.31. The maximum atomic E-state index is 12.9. The molecule has 1 amide bonds. The molecule has 0 radical (unpaired) electrons. The van der Waals surface area contributed by atoms with Gasteiger partial charge in [-0.25, -0.2) is 9.97 Å². The Morgan fingerprint density at radius 3 is 2.36 bits per heavy atom. The van der Waals surface area contributed by atoms with E-state index < -0.39 is 0 Å². The minimum Gasteiger partial charge on any atom is -0.466 e. The number of likely N-dealkylation sites (tertiary alicyclic amines) is 1. The number of esters is 1. The third kappa shape index (κ3) is 6.43. The summed E-state index contributed by atoms with van der Waals surface area (Å²) in [7, 11) is 3.95. The highest BCUT2D eigenvalue weighted by molar-refractivity contribution is 7.98. The van der Waals surface area contributed by atoms with Crippen LogP contribution in [0.5, 0.6) is 0 Å². The lowest BCUT2D eigenvalue weighted by molar-refractivity contribution is -0.149. The van der Waals surface area contributed by atoms with Gasteiger partial charge in [-0.05, 0) is 37.5 Å². The number of ether oxygens (including phenoxy) is 1. The molecule has 1 saturated heterocycles. The van der Waals surface area contributed by atoms with Crippen LogP contribution >= 0.6 is 11.8 Å². The summed E-state index contributed by atoms with van der Waals surface area (Å²) >= 11 is 1.58. The quantitative estimate of drug-likeness (QED) is 0.245. The number of nitrogens with zero attached hydrogens (tertiary/aromatic N) is 4. The minimum atomic E-state index is -0.151. The molecule has 4 rings (SSSR count). The monoisotopic (exact) mass is 504 g/mol. The summed E-state index contributed by atoms with van der Waals surface area (Å²) in [5, 5.41) is 0.713. The van der Waals surface area contributed by atoms with E-state index in [0.29, 0.717) is 49.0 Å². The van der Waals surface area contributed by atoms with Gasteiger partial charge in [-0.1, -0.05) is 54.2 Å². The fourth-order valence-electron chi connectivity index (χ4n) is 4.12. The van der Waals surface area contributed by atoms with Crippen molar-refractivity contribution in [2.75, 3.05) is 38.7 Å². The van der Waals surface area contributed by atoms with Crippen molar-refractivity contribution >= 4 is 29.5 Å². The molecule has 1 aromatic heterocycles. The maximum absolute atomic E-state index is 12.9. The van der Waals surface area contributed by atoms with Crippen LogP contribution in [-0.2, 0) is 15.3 Å². The van der Waals surface area contributed by atoms with Crippen LogP contribution in [-0.4, -0.2) is 60.5 Å². The number of benzene rings is 2. The molecule has 36 heavy (non-hydrogen) atoms. The van der Waals surface area contributed by atoms with Crippen molar-refractivity contribution < 1.29 is 14.3 Å². The first-order valence-electron chi connectivity index (χ1n) is 12.2. The zero-order valence-electron chi connectivity index (χ0n) is 21.0. The van der Waals surface area contributed by atoms with Gasteiger partial charge in [-0.3, -0.25) is 9.59 Å². The molecule has 2 aromatic carbocycles. The van der Waals surface area contributed by atoms with E-state index in [4.69, 9.17) is 14.7 Å². The van der Waals surface area contributed by atoms with Crippen LogP contribution in [0.25, 0.3) is 11.3 Å². The number of hydrogen-bond acceptors (Lipinski definition) is 7. The lowest BCUT2D eigenvalue weighted by Crippen LogP contribution is -2.40. The Kier molecular flexibility index (Phi) is 8.59. The van der Waals surface area contributed by atoms with Gasteiger partial charge in [0.25, 0.3) is 5.91 Å². The maximum Gasteiger partial charge on any atom is 0.309 e. The Labute approximate surface area is 216 Å². The largest absolute Gasteiger partial charge is 0.466 e. The molecule has 2 heterocycles. The Morgan fingerprint density at radius 1 is 1.03 bits per heavy atom. The zero-order chi connectivity index (χ0) is 25.5. The van der Waals surface area contributed by atoms with E-state index in [0.717, 1.165) is 22.6 Å². The number of piperidine rings is 1. The van der Waals surface area contributed by atoms with Crippen molar-refractivity contribution in [2.45, 2.75) is 30.7 Å². The standard InChI is InChI=1S/C28H32N4O3S/c1-4-35-27(34)23-14-16-32(17-15-23)26(33)22-12-10-20(11-13-22)19-36-28-29-24(18-25(30-28)31(2)3)21-8-6-5-7-9-21/h5-13,18,23H,4,14-17,19H2,1-3H3. The Morgan fingerprint density at radius 2 is 1.72 bits per heavy atom. The minimum absolute atomic E-state index is 0.00559. The van der Waals surface area contributed by atoms with E-state index in [1.54, 1.807) is 11.8 Å². The lowest BCUT2D eigenvalue weighted by atomic mass is 9.96. The summed E-state index contributed by atoms with van der Waals surface area (Å²) < 4.78 is 5.12. The van der Waals surface area contributed by atoms with Crippen LogP contribution in [0.3, 0.4) is 0 Å². The van der Waals surface area contributed by atoms with Gasteiger partial charge < -0.3 is 14.5 Å². The molecule has 7 nitrogen and oxygen atoms in total. The highest BCUT2D eigenvalue weighted by Crippen LogP contribution is 2.27. The molecule has 0 N–H and O–H groups in total. The van der Waals surface area contributed by atoms with Crippen molar-refractivity contribution in [1.82, 2.24) is 14.9 Å². The fraction of sp³-hybridized carbons (Fsp3) is 0.357. The Bertz CT molecular complexity index is 1180. The van der Waals surface area contributed by atoms with Crippen molar-refractivity contribution in [3.05, 3.63) is 71.8 Å². The van der Waals surface area contributed by atoms with Crippen LogP contribution in [0.4, 0.5) is 5.82 Å². The van der Waals surface area contributed by atoms with E-state index in [9.17, 15) is 9.59 Å².